The zero-order chi connectivity index (χ0) is 40.5. The van der Waals surface area contributed by atoms with Crippen molar-refractivity contribution in [2.24, 2.45) is 92.7 Å². The molecule has 0 aromatic heterocycles. The summed E-state index contributed by atoms with van der Waals surface area (Å²) >= 11 is 0. The summed E-state index contributed by atoms with van der Waals surface area (Å²) in [4.78, 5) is 22.1. The fraction of sp³-hybridized carbons (Fsp3) is 0.958. The lowest BCUT2D eigenvalue weighted by Crippen LogP contribution is -2.58. The van der Waals surface area contributed by atoms with Crippen molar-refractivity contribution in [2.75, 3.05) is 0 Å². The number of aliphatic hydroxyl groups is 4. The van der Waals surface area contributed by atoms with E-state index < -0.39 is 11.9 Å². The predicted octanol–water partition coefficient (Wildman–Crippen LogP) is 8.96. The lowest BCUT2D eigenvalue weighted by molar-refractivity contribution is -0.174. The van der Waals surface area contributed by atoms with E-state index in [1.54, 1.807) is 0 Å². The summed E-state index contributed by atoms with van der Waals surface area (Å²) in [5, 5.41) is 61.1. The zero-order valence-corrected chi connectivity index (χ0v) is 35.9. The summed E-state index contributed by atoms with van der Waals surface area (Å²) in [5.41, 5.74) is 1.05. The Morgan fingerprint density at radius 2 is 0.839 bits per heavy atom. The van der Waals surface area contributed by atoms with E-state index in [4.69, 9.17) is 10.2 Å². The molecule has 8 saturated carbocycles. The number of aliphatic hydroxyl groups excluding tert-OH is 4. The first-order valence-electron chi connectivity index (χ1n) is 23.5. The van der Waals surface area contributed by atoms with E-state index in [0.717, 1.165) is 64.2 Å². The standard InChI is InChI=1S/2C24H40O4/c2*1-14(4-7-21(27)28)17-5-6-18-22-19(9-11-24(17,18)3)23(2)10-8-16(25)12-15(23)13-20(22)26/h2*14-20,22,25-26H,4-13H2,1-3H3,(H,27,28)/t2*14-,15+,16-,17-,18+,19+,20+,22+,23+,24-/m11/s1. The van der Waals surface area contributed by atoms with Crippen molar-refractivity contribution in [1.82, 2.24) is 0 Å². The maximum Gasteiger partial charge on any atom is 0.303 e. The first-order valence-corrected chi connectivity index (χ1v) is 23.5. The lowest BCUT2D eigenvalue weighted by Gasteiger charge is -2.62. The van der Waals surface area contributed by atoms with E-state index in [-0.39, 0.29) is 58.9 Å². The molecule has 8 heteroatoms. The third-order valence-electron chi connectivity index (χ3n) is 20.5. The van der Waals surface area contributed by atoms with Crippen LogP contribution in [0, 0.1) is 92.7 Å². The molecule has 0 aromatic rings. The van der Waals surface area contributed by atoms with E-state index in [2.05, 4.69) is 41.5 Å². The smallest absolute Gasteiger partial charge is 0.303 e. The van der Waals surface area contributed by atoms with Crippen LogP contribution < -0.4 is 0 Å². The van der Waals surface area contributed by atoms with Gasteiger partial charge in [0.25, 0.3) is 0 Å². The molecule has 6 N–H and O–H groups in total. The van der Waals surface area contributed by atoms with Gasteiger partial charge in [-0.1, -0.05) is 41.5 Å². The van der Waals surface area contributed by atoms with Crippen LogP contribution in [0.25, 0.3) is 0 Å². The molecule has 0 amide bonds. The van der Waals surface area contributed by atoms with Gasteiger partial charge in [0, 0.05) is 12.8 Å². The van der Waals surface area contributed by atoms with Crippen molar-refractivity contribution in [3.05, 3.63) is 0 Å². The molecule has 8 aliphatic carbocycles. The van der Waals surface area contributed by atoms with Crippen LogP contribution in [0.1, 0.15) is 170 Å². The molecule has 0 unspecified atom stereocenters. The maximum atomic E-state index is 11.2. The molecule has 0 aliphatic heterocycles. The van der Waals surface area contributed by atoms with Crippen LogP contribution in [-0.2, 0) is 9.59 Å². The molecular formula is C48H80O8. The van der Waals surface area contributed by atoms with E-state index in [0.29, 0.717) is 71.0 Å². The summed E-state index contributed by atoms with van der Waals surface area (Å²) in [7, 11) is 0. The first kappa shape index (κ1) is 42.9. The van der Waals surface area contributed by atoms with Crippen molar-refractivity contribution in [1.29, 1.82) is 0 Å². The molecule has 0 aromatic carbocycles. The second kappa shape index (κ2) is 16.0. The average Bonchev–Trinajstić information content (AvgIpc) is 3.68. The Bertz CT molecular complexity index is 1310. The van der Waals surface area contributed by atoms with Gasteiger partial charge in [0.1, 0.15) is 0 Å². The van der Waals surface area contributed by atoms with E-state index in [1.165, 1.54) is 51.4 Å². The Kier molecular flexibility index (Phi) is 12.3. The predicted molar refractivity (Wildman–Crippen MR) is 217 cm³/mol. The average molecular weight is 785 g/mol. The summed E-state index contributed by atoms with van der Waals surface area (Å²) < 4.78 is 0. The third kappa shape index (κ3) is 7.35. The van der Waals surface area contributed by atoms with Crippen LogP contribution in [0.15, 0.2) is 0 Å². The molecule has 20 atom stereocenters. The van der Waals surface area contributed by atoms with Crippen molar-refractivity contribution in [3.63, 3.8) is 0 Å². The molecule has 8 aliphatic rings. The van der Waals surface area contributed by atoms with Crippen LogP contribution in [0.5, 0.6) is 0 Å². The number of carbonyl (C=O) groups is 2. The van der Waals surface area contributed by atoms with Gasteiger partial charge in [0.2, 0.25) is 0 Å². The molecule has 0 spiro atoms. The van der Waals surface area contributed by atoms with Gasteiger partial charge in [0.15, 0.2) is 0 Å². The Morgan fingerprint density at radius 3 is 1.20 bits per heavy atom. The number of carboxylic acid groups (broad SMARTS) is 2. The van der Waals surface area contributed by atoms with E-state index in [1.807, 2.05) is 0 Å². The number of hydrogen-bond acceptors (Lipinski definition) is 6. The van der Waals surface area contributed by atoms with Gasteiger partial charge >= 0.3 is 11.9 Å². The van der Waals surface area contributed by atoms with Crippen LogP contribution in [0.4, 0.5) is 0 Å². The Hall–Kier alpha value is -1.22. The minimum absolute atomic E-state index is 0.179. The number of aliphatic carboxylic acids is 2. The topological polar surface area (TPSA) is 156 Å². The molecule has 0 heterocycles. The van der Waals surface area contributed by atoms with Gasteiger partial charge in [-0.15, -0.1) is 0 Å². The minimum Gasteiger partial charge on any atom is -0.481 e. The van der Waals surface area contributed by atoms with Crippen LogP contribution in [0.3, 0.4) is 0 Å². The first-order chi connectivity index (χ1) is 26.3. The highest BCUT2D eigenvalue weighted by Gasteiger charge is 2.64. The van der Waals surface area contributed by atoms with Crippen LogP contribution >= 0.6 is 0 Å². The van der Waals surface area contributed by atoms with Gasteiger partial charge in [0.05, 0.1) is 24.4 Å². The molecule has 8 rings (SSSR count). The second-order valence-corrected chi connectivity index (χ2v) is 22.7. The van der Waals surface area contributed by atoms with Gasteiger partial charge in [-0.3, -0.25) is 9.59 Å². The molecule has 56 heavy (non-hydrogen) atoms. The molecule has 0 bridgehead atoms. The van der Waals surface area contributed by atoms with Crippen LogP contribution in [-0.4, -0.2) is 67.0 Å². The molecule has 8 fully saturated rings. The molecular weight excluding hydrogens is 705 g/mol. The SMILES string of the molecule is C[C@H](CCC(=O)O)[C@H]1CC[C@H]2[C@@H]3[C@@H](O)C[C@@H]4C[C@H](O)CC[C@]4(C)[C@H]3CC[C@]12C.C[C@H](CCC(=O)O)[C@H]1CC[C@H]2[C@@H]3[C@@H](O)C[C@@H]4C[C@H](O)CC[C@]4(C)[C@H]3CC[C@]12C. The van der Waals surface area contributed by atoms with Crippen molar-refractivity contribution in [2.45, 2.75) is 194 Å². The Morgan fingerprint density at radius 1 is 0.500 bits per heavy atom. The van der Waals surface area contributed by atoms with Gasteiger partial charge in [-0.05, 0) is 208 Å². The quantitative estimate of drug-likeness (QED) is 0.143. The highest BCUT2D eigenvalue weighted by molar-refractivity contribution is 5.66. The summed E-state index contributed by atoms with van der Waals surface area (Å²) in [6, 6.07) is 0. The molecule has 0 radical (unpaired) electrons. The van der Waals surface area contributed by atoms with Gasteiger partial charge in [-0.2, -0.15) is 0 Å². The highest BCUT2D eigenvalue weighted by atomic mass is 16.4. The highest BCUT2D eigenvalue weighted by Crippen LogP contribution is 2.70. The van der Waals surface area contributed by atoms with Crippen molar-refractivity contribution >= 4 is 11.9 Å². The fourth-order valence-electron chi connectivity index (χ4n) is 17.5. The van der Waals surface area contributed by atoms with E-state index >= 15 is 0 Å². The summed E-state index contributed by atoms with van der Waals surface area (Å²) in [5.74, 6) is 4.71. The molecule has 0 saturated heterocycles. The van der Waals surface area contributed by atoms with Crippen molar-refractivity contribution < 1.29 is 40.2 Å². The molecule has 8 nitrogen and oxygen atoms in total. The fourth-order valence-corrected chi connectivity index (χ4v) is 17.5. The summed E-state index contributed by atoms with van der Waals surface area (Å²) in [6.07, 6.45) is 18.4. The number of fused-ring (bicyclic) bond motifs is 10. The number of rotatable bonds is 8. The van der Waals surface area contributed by atoms with E-state index in [9.17, 15) is 30.0 Å². The second-order valence-electron chi connectivity index (χ2n) is 22.7. The summed E-state index contributed by atoms with van der Waals surface area (Å²) in [6.45, 7) is 14.3. The largest absolute Gasteiger partial charge is 0.481 e. The minimum atomic E-state index is -0.684. The van der Waals surface area contributed by atoms with Gasteiger partial charge < -0.3 is 30.6 Å². The lowest BCUT2D eigenvalue weighted by atomic mass is 9.43. The Balaban J connectivity index is 0.000000172. The number of hydrogen-bond donors (Lipinski definition) is 6. The monoisotopic (exact) mass is 785 g/mol. The molecule has 320 valence electrons. The van der Waals surface area contributed by atoms with Crippen LogP contribution in [0.2, 0.25) is 0 Å². The Labute approximate surface area is 338 Å². The third-order valence-corrected chi connectivity index (χ3v) is 20.5. The number of carboxylic acids is 2. The zero-order valence-electron chi connectivity index (χ0n) is 35.9. The van der Waals surface area contributed by atoms with Gasteiger partial charge in [-0.25, -0.2) is 0 Å². The maximum absolute atomic E-state index is 11.2. The van der Waals surface area contributed by atoms with Crippen molar-refractivity contribution in [3.8, 4) is 0 Å². The normalized spacial score (nSPS) is 51.7.